The van der Waals surface area contributed by atoms with E-state index in [1.165, 1.54) is 0 Å². The summed E-state index contributed by atoms with van der Waals surface area (Å²) in [6, 6.07) is 3.60. The third-order valence-corrected chi connectivity index (χ3v) is 6.75. The van der Waals surface area contributed by atoms with Gasteiger partial charge in [0.2, 0.25) is 5.95 Å². The zero-order chi connectivity index (χ0) is 25.4. The fraction of sp³-hybridized carbons (Fsp3) is 0.440. The van der Waals surface area contributed by atoms with Gasteiger partial charge in [0.25, 0.3) is 0 Å². The van der Waals surface area contributed by atoms with Gasteiger partial charge >= 0.3 is 6.18 Å². The van der Waals surface area contributed by atoms with Gasteiger partial charge in [-0.2, -0.15) is 13.2 Å². The van der Waals surface area contributed by atoms with Gasteiger partial charge in [-0.05, 0) is 39.2 Å². The molecule has 0 radical (unpaired) electrons. The van der Waals surface area contributed by atoms with E-state index < -0.39 is 11.7 Å². The molecule has 1 saturated carbocycles. The van der Waals surface area contributed by atoms with E-state index in [-0.39, 0.29) is 30.3 Å². The number of pyridine rings is 1. The summed E-state index contributed by atoms with van der Waals surface area (Å²) >= 11 is 0. The van der Waals surface area contributed by atoms with Gasteiger partial charge in [-0.25, -0.2) is 9.97 Å². The van der Waals surface area contributed by atoms with Gasteiger partial charge in [0.15, 0.2) is 0 Å². The van der Waals surface area contributed by atoms with E-state index in [1.807, 2.05) is 6.92 Å². The highest BCUT2D eigenvalue weighted by molar-refractivity contribution is 5.85. The number of aliphatic hydroxyl groups is 1. The van der Waals surface area contributed by atoms with Crippen LogP contribution >= 0.6 is 0 Å². The summed E-state index contributed by atoms with van der Waals surface area (Å²) in [5, 5.41) is 19.6. The third-order valence-electron chi connectivity index (χ3n) is 6.75. The number of halogens is 3. The fourth-order valence-electron chi connectivity index (χ4n) is 5.08. The first-order valence-corrected chi connectivity index (χ1v) is 12.0. The zero-order valence-corrected chi connectivity index (χ0v) is 20.0. The first kappa shape index (κ1) is 24.4. The van der Waals surface area contributed by atoms with Gasteiger partial charge in [0.05, 0.1) is 34.9 Å². The Labute approximate surface area is 206 Å². The van der Waals surface area contributed by atoms with Crippen molar-refractivity contribution in [1.82, 2.24) is 25.4 Å². The van der Waals surface area contributed by atoms with Crippen molar-refractivity contribution in [3.63, 3.8) is 0 Å². The second-order valence-electron chi connectivity index (χ2n) is 9.13. The minimum absolute atomic E-state index is 0.0176. The molecule has 2 atom stereocenters. The van der Waals surface area contributed by atoms with Gasteiger partial charge in [0, 0.05) is 42.4 Å². The maximum atomic E-state index is 14.0. The molecule has 2 aliphatic carbocycles. The first-order valence-electron chi connectivity index (χ1n) is 12.0. The maximum Gasteiger partial charge on any atom is 0.419 e. The standard InChI is InChI=1S/C25H27F3N6O2/c1-13-22(14(2)36-34-13)21-9-6-15-16(7-8-18(15)31-21)23-17(25(26,27)28)12-30-24(33-23)32-20-5-3-4-19(20)29-10-11-35/h6-7,9,12,19-20,29,35H,3-5,8,10-11H2,1-2H3,(H,30,32,33)/t19-,20-/m0/s1. The Morgan fingerprint density at radius 1 is 1.14 bits per heavy atom. The van der Waals surface area contributed by atoms with Crippen molar-refractivity contribution in [3.8, 4) is 11.3 Å². The lowest BCUT2D eigenvalue weighted by molar-refractivity contribution is -0.138. The molecule has 3 aromatic rings. The molecule has 3 aromatic heterocycles. The minimum Gasteiger partial charge on any atom is -0.395 e. The molecule has 2 aliphatic rings. The quantitative estimate of drug-likeness (QED) is 0.446. The van der Waals surface area contributed by atoms with Gasteiger partial charge < -0.3 is 20.3 Å². The molecule has 36 heavy (non-hydrogen) atoms. The molecule has 0 saturated heterocycles. The van der Waals surface area contributed by atoms with E-state index in [0.29, 0.717) is 46.9 Å². The highest BCUT2D eigenvalue weighted by atomic mass is 19.4. The monoisotopic (exact) mass is 500 g/mol. The highest BCUT2D eigenvalue weighted by Gasteiger charge is 2.38. The number of anilines is 1. The lowest BCUT2D eigenvalue weighted by Gasteiger charge is -2.23. The summed E-state index contributed by atoms with van der Waals surface area (Å²) in [6.45, 7) is 4.09. The molecule has 3 heterocycles. The van der Waals surface area contributed by atoms with Crippen LogP contribution in [0.2, 0.25) is 0 Å². The predicted molar refractivity (Wildman–Crippen MR) is 127 cm³/mol. The Morgan fingerprint density at radius 2 is 1.94 bits per heavy atom. The van der Waals surface area contributed by atoms with Crippen molar-refractivity contribution >= 4 is 11.5 Å². The normalized spacial score (nSPS) is 19.4. The molecule has 0 amide bonds. The van der Waals surface area contributed by atoms with Crippen molar-refractivity contribution in [3.05, 3.63) is 58.4 Å². The summed E-state index contributed by atoms with van der Waals surface area (Å²) in [6.07, 6.45) is 1.07. The Kier molecular flexibility index (Phi) is 6.52. The maximum absolute atomic E-state index is 14.0. The molecule has 0 aliphatic heterocycles. The van der Waals surface area contributed by atoms with Crippen LogP contribution < -0.4 is 10.6 Å². The highest BCUT2D eigenvalue weighted by Crippen LogP contribution is 2.40. The van der Waals surface area contributed by atoms with Crippen LogP contribution in [0, 0.1) is 13.8 Å². The Balaban J connectivity index is 1.48. The number of alkyl halides is 3. The molecule has 0 bridgehead atoms. The SMILES string of the molecule is Cc1noc(C)c1-c1ccc2c(n1)CC=C2c1nc(N[C@H]2CCC[C@@H]2NCCO)ncc1C(F)(F)F. The van der Waals surface area contributed by atoms with E-state index in [9.17, 15) is 13.2 Å². The summed E-state index contributed by atoms with van der Waals surface area (Å²) in [4.78, 5) is 13.1. The number of aliphatic hydroxyl groups excluding tert-OH is 1. The summed E-state index contributed by atoms with van der Waals surface area (Å²) in [5.41, 5.74) is 2.79. The predicted octanol–water partition coefficient (Wildman–Crippen LogP) is 4.06. The van der Waals surface area contributed by atoms with E-state index in [1.54, 1.807) is 25.1 Å². The van der Waals surface area contributed by atoms with Gasteiger partial charge in [-0.3, -0.25) is 4.98 Å². The molecule has 0 unspecified atom stereocenters. The average molecular weight is 501 g/mol. The van der Waals surface area contributed by atoms with Crippen LogP contribution in [0.4, 0.5) is 19.1 Å². The molecule has 11 heteroatoms. The molecule has 0 spiro atoms. The van der Waals surface area contributed by atoms with Crippen molar-refractivity contribution in [1.29, 1.82) is 0 Å². The van der Waals surface area contributed by atoms with Crippen LogP contribution in [0.15, 0.2) is 28.9 Å². The molecule has 8 nitrogen and oxygen atoms in total. The minimum atomic E-state index is -4.61. The van der Waals surface area contributed by atoms with E-state index in [2.05, 4.69) is 25.8 Å². The lowest BCUT2D eigenvalue weighted by Crippen LogP contribution is -2.41. The molecular weight excluding hydrogens is 473 g/mol. The van der Waals surface area contributed by atoms with Crippen LogP contribution in [0.1, 0.15) is 53.2 Å². The second-order valence-corrected chi connectivity index (χ2v) is 9.13. The summed E-state index contributed by atoms with van der Waals surface area (Å²) in [7, 11) is 0. The van der Waals surface area contributed by atoms with Crippen LogP contribution in [-0.2, 0) is 12.6 Å². The first-order chi connectivity index (χ1) is 17.3. The second kappa shape index (κ2) is 9.62. The smallest absolute Gasteiger partial charge is 0.395 e. The third kappa shape index (κ3) is 4.60. The van der Waals surface area contributed by atoms with Gasteiger partial charge in [-0.1, -0.05) is 17.3 Å². The van der Waals surface area contributed by atoms with Gasteiger partial charge in [-0.15, -0.1) is 0 Å². The Morgan fingerprint density at radius 3 is 2.67 bits per heavy atom. The van der Waals surface area contributed by atoms with E-state index in [0.717, 1.165) is 31.0 Å². The van der Waals surface area contributed by atoms with Crippen molar-refractivity contribution in [2.24, 2.45) is 0 Å². The zero-order valence-electron chi connectivity index (χ0n) is 20.0. The van der Waals surface area contributed by atoms with E-state index in [4.69, 9.17) is 14.6 Å². The molecular formula is C25H27F3N6O2. The molecule has 1 fully saturated rings. The molecule has 5 rings (SSSR count). The van der Waals surface area contributed by atoms with E-state index >= 15 is 0 Å². The van der Waals surface area contributed by atoms with Crippen molar-refractivity contribution in [2.75, 3.05) is 18.5 Å². The van der Waals surface area contributed by atoms with Crippen molar-refractivity contribution in [2.45, 2.75) is 57.8 Å². The number of allylic oxidation sites excluding steroid dienone is 1. The molecule has 190 valence electrons. The number of hydrogen-bond acceptors (Lipinski definition) is 8. The number of nitrogens with zero attached hydrogens (tertiary/aromatic N) is 4. The summed E-state index contributed by atoms with van der Waals surface area (Å²) < 4.78 is 47.1. The van der Waals surface area contributed by atoms with Crippen molar-refractivity contribution < 1.29 is 22.8 Å². The number of nitrogens with one attached hydrogen (secondary N) is 2. The van der Waals surface area contributed by atoms with Crippen LogP contribution in [0.3, 0.4) is 0 Å². The Hall–Kier alpha value is -3.31. The molecule has 3 N–H and O–H groups in total. The molecule has 0 aromatic carbocycles. The van der Waals surface area contributed by atoms with Crippen LogP contribution in [0.5, 0.6) is 0 Å². The number of hydrogen-bond donors (Lipinski definition) is 3. The number of aromatic nitrogens is 4. The fourth-order valence-corrected chi connectivity index (χ4v) is 5.08. The largest absolute Gasteiger partial charge is 0.419 e. The van der Waals surface area contributed by atoms with Crippen LogP contribution in [0.25, 0.3) is 16.8 Å². The number of rotatable bonds is 7. The average Bonchev–Trinajstić information content (AvgIpc) is 3.55. The van der Waals surface area contributed by atoms with Crippen LogP contribution in [-0.4, -0.2) is 50.5 Å². The topological polar surface area (TPSA) is 109 Å². The lowest BCUT2D eigenvalue weighted by atomic mass is 10.0. The number of aryl methyl sites for hydroxylation is 2. The summed E-state index contributed by atoms with van der Waals surface area (Å²) in [5.74, 6) is 0.783. The Bertz CT molecular complexity index is 1280. The number of fused-ring (bicyclic) bond motifs is 1. The van der Waals surface area contributed by atoms with Gasteiger partial charge in [0.1, 0.15) is 11.3 Å².